The number of rotatable bonds is 4. The number of pyridine rings is 2. The number of hydrogen-bond acceptors (Lipinski definition) is 7. The van der Waals surface area contributed by atoms with Crippen LogP contribution in [0.2, 0.25) is 0 Å². The van der Waals surface area contributed by atoms with Gasteiger partial charge in [-0.3, -0.25) is 14.8 Å². The summed E-state index contributed by atoms with van der Waals surface area (Å²) < 4.78 is 14.1. The molecule has 0 saturated carbocycles. The fourth-order valence-corrected chi connectivity index (χ4v) is 4.10. The fourth-order valence-electron chi connectivity index (χ4n) is 3.43. The molecule has 0 aromatic carbocycles. The number of carbonyl (C=O) groups excluding carboxylic acids is 1. The van der Waals surface area contributed by atoms with Gasteiger partial charge in [0.05, 0.1) is 30.4 Å². The zero-order chi connectivity index (χ0) is 19.7. The Kier molecular flexibility index (Phi) is 5.27. The van der Waals surface area contributed by atoms with Crippen molar-refractivity contribution in [2.45, 2.75) is 32.0 Å². The number of alkyl halides is 1. The number of nitrogens with one attached hydrogen (secondary N) is 1. The van der Waals surface area contributed by atoms with Crippen molar-refractivity contribution in [3.05, 3.63) is 35.2 Å². The highest BCUT2D eigenvalue weighted by Gasteiger charge is 2.30. The predicted molar refractivity (Wildman–Crippen MR) is 106 cm³/mol. The van der Waals surface area contributed by atoms with Crippen LogP contribution in [0.15, 0.2) is 24.5 Å². The minimum atomic E-state index is -1.05. The minimum absolute atomic E-state index is 0.104. The van der Waals surface area contributed by atoms with Crippen LogP contribution in [0, 0.1) is 6.92 Å². The van der Waals surface area contributed by atoms with Crippen molar-refractivity contribution in [1.29, 1.82) is 0 Å². The van der Waals surface area contributed by atoms with Gasteiger partial charge in [0.1, 0.15) is 16.2 Å². The van der Waals surface area contributed by atoms with E-state index < -0.39 is 6.17 Å². The van der Waals surface area contributed by atoms with Crippen molar-refractivity contribution < 1.29 is 9.18 Å². The topological polar surface area (TPSA) is 83.9 Å². The zero-order valence-electron chi connectivity index (χ0n) is 15.7. The first-order chi connectivity index (χ1) is 13.5. The van der Waals surface area contributed by atoms with Crippen LogP contribution in [-0.4, -0.2) is 63.3 Å². The summed E-state index contributed by atoms with van der Waals surface area (Å²) in [6, 6.07) is 3.66. The average Bonchev–Trinajstić information content (AvgIpc) is 3.13. The quantitative estimate of drug-likeness (QED) is 0.723. The second kappa shape index (κ2) is 7.84. The highest BCUT2D eigenvalue weighted by molar-refractivity contribution is 7.14. The van der Waals surface area contributed by atoms with E-state index in [-0.39, 0.29) is 24.9 Å². The Bertz CT molecular complexity index is 1010. The molecule has 1 saturated heterocycles. The Morgan fingerprint density at radius 1 is 1.32 bits per heavy atom. The van der Waals surface area contributed by atoms with Gasteiger partial charge in [0.2, 0.25) is 5.91 Å². The first-order valence-corrected chi connectivity index (χ1v) is 9.99. The van der Waals surface area contributed by atoms with Gasteiger partial charge in [-0.1, -0.05) is 11.3 Å². The molecule has 0 radical (unpaired) electrons. The molecule has 0 unspecified atom stereocenters. The molecule has 0 aliphatic carbocycles. The molecule has 2 atom stereocenters. The summed E-state index contributed by atoms with van der Waals surface area (Å²) in [5, 5.41) is 13.8. The molecule has 28 heavy (non-hydrogen) atoms. The monoisotopic (exact) mass is 400 g/mol. The second-order valence-electron chi connectivity index (χ2n) is 6.93. The Hall–Kier alpha value is -2.52. The van der Waals surface area contributed by atoms with Gasteiger partial charge < -0.3 is 10.2 Å². The molecule has 7 nitrogen and oxygen atoms in total. The summed E-state index contributed by atoms with van der Waals surface area (Å²) in [6.45, 7) is 2.59. The lowest BCUT2D eigenvalue weighted by molar-refractivity contribution is -0.133. The lowest BCUT2D eigenvalue weighted by Gasteiger charge is -2.34. The summed E-state index contributed by atoms with van der Waals surface area (Å²) in [5.74, 6) is -0.104. The Morgan fingerprint density at radius 2 is 2.18 bits per heavy atom. The minimum Gasteiger partial charge on any atom is -0.339 e. The maximum absolute atomic E-state index is 14.1. The van der Waals surface area contributed by atoms with Gasteiger partial charge in [0.15, 0.2) is 0 Å². The van der Waals surface area contributed by atoms with Crippen molar-refractivity contribution >= 4 is 28.1 Å². The van der Waals surface area contributed by atoms with E-state index in [1.165, 1.54) is 11.3 Å². The molecule has 9 heteroatoms. The predicted octanol–water partition coefficient (Wildman–Crippen LogP) is 2.16. The van der Waals surface area contributed by atoms with E-state index in [0.717, 1.165) is 26.5 Å². The van der Waals surface area contributed by atoms with Gasteiger partial charge in [0, 0.05) is 29.7 Å². The van der Waals surface area contributed by atoms with Gasteiger partial charge in [0.25, 0.3) is 0 Å². The summed E-state index contributed by atoms with van der Waals surface area (Å²) in [7, 11) is 1.75. The number of nitrogens with zero attached hydrogens (tertiary/aromatic N) is 5. The number of carbonyl (C=O) groups is 1. The van der Waals surface area contributed by atoms with E-state index in [0.29, 0.717) is 18.7 Å². The standard InChI is InChI=1S/C19H21FN6OS/c1-11-24-25-19(28-11)13-5-12-6-14(22-9-17(12)23-8-13)7-18(27)26-4-3-16(21-2)15(20)10-26/h5-6,8-9,15-16,21H,3-4,7,10H2,1-2H3/t15-,16-/m0/s1. The normalized spacial score (nSPS) is 19.9. The molecule has 0 spiro atoms. The van der Waals surface area contributed by atoms with Crippen molar-refractivity contribution in [1.82, 2.24) is 30.4 Å². The van der Waals surface area contributed by atoms with E-state index in [1.807, 2.05) is 19.1 Å². The van der Waals surface area contributed by atoms with Crippen molar-refractivity contribution in [2.24, 2.45) is 0 Å². The average molecular weight is 400 g/mol. The number of aromatic nitrogens is 4. The zero-order valence-corrected chi connectivity index (χ0v) is 16.5. The van der Waals surface area contributed by atoms with E-state index in [2.05, 4.69) is 25.5 Å². The summed E-state index contributed by atoms with van der Waals surface area (Å²) in [5.41, 5.74) is 2.28. The Morgan fingerprint density at radius 3 is 2.89 bits per heavy atom. The van der Waals surface area contributed by atoms with E-state index in [4.69, 9.17) is 0 Å². The van der Waals surface area contributed by atoms with Crippen LogP contribution in [0.3, 0.4) is 0 Å². The number of amides is 1. The van der Waals surface area contributed by atoms with Crippen LogP contribution < -0.4 is 5.32 Å². The van der Waals surface area contributed by atoms with Crippen LogP contribution in [0.5, 0.6) is 0 Å². The largest absolute Gasteiger partial charge is 0.339 e. The summed E-state index contributed by atoms with van der Waals surface area (Å²) in [6.07, 6.45) is 3.13. The van der Waals surface area contributed by atoms with Crippen LogP contribution >= 0.6 is 11.3 Å². The number of fused-ring (bicyclic) bond motifs is 1. The maximum atomic E-state index is 14.1. The van der Waals surface area contributed by atoms with E-state index in [1.54, 1.807) is 24.3 Å². The lowest BCUT2D eigenvalue weighted by atomic mass is 10.0. The third-order valence-electron chi connectivity index (χ3n) is 4.99. The van der Waals surface area contributed by atoms with Crippen LogP contribution in [0.4, 0.5) is 4.39 Å². The molecule has 1 fully saturated rings. The third kappa shape index (κ3) is 3.85. The van der Waals surface area contributed by atoms with Crippen LogP contribution in [0.1, 0.15) is 17.1 Å². The number of hydrogen-bond donors (Lipinski definition) is 1. The van der Waals surface area contributed by atoms with E-state index in [9.17, 15) is 9.18 Å². The molecule has 1 N–H and O–H groups in total. The SMILES string of the molecule is CN[C@H]1CCN(C(=O)Cc2cc3cc(-c4nnc(C)s4)cnc3cn2)C[C@@H]1F. The maximum Gasteiger partial charge on any atom is 0.228 e. The number of piperidine rings is 1. The molecule has 1 amide bonds. The molecule has 1 aliphatic heterocycles. The second-order valence-corrected chi connectivity index (χ2v) is 8.12. The Labute approximate surface area is 166 Å². The molecular weight excluding hydrogens is 379 g/mol. The number of halogens is 1. The first kappa shape index (κ1) is 18.8. The highest BCUT2D eigenvalue weighted by Crippen LogP contribution is 2.25. The van der Waals surface area contributed by atoms with Crippen molar-refractivity contribution in [3.63, 3.8) is 0 Å². The highest BCUT2D eigenvalue weighted by atomic mass is 32.1. The molecule has 1 aliphatic rings. The van der Waals surface area contributed by atoms with Crippen molar-refractivity contribution in [2.75, 3.05) is 20.1 Å². The number of likely N-dealkylation sites (tertiary alicyclic amines) is 1. The molecule has 3 aromatic heterocycles. The summed E-state index contributed by atoms with van der Waals surface area (Å²) >= 11 is 1.51. The molecule has 4 rings (SSSR count). The molecule has 4 heterocycles. The smallest absolute Gasteiger partial charge is 0.228 e. The number of aryl methyl sites for hydroxylation is 1. The van der Waals surface area contributed by atoms with Crippen LogP contribution in [-0.2, 0) is 11.2 Å². The van der Waals surface area contributed by atoms with Gasteiger partial charge >= 0.3 is 0 Å². The van der Waals surface area contributed by atoms with Crippen LogP contribution in [0.25, 0.3) is 21.5 Å². The van der Waals surface area contributed by atoms with E-state index >= 15 is 0 Å². The Balaban J connectivity index is 1.51. The fraction of sp³-hybridized carbons (Fsp3) is 0.421. The molecule has 146 valence electrons. The summed E-state index contributed by atoms with van der Waals surface area (Å²) in [4.78, 5) is 23.0. The molecule has 3 aromatic rings. The molecular formula is C19H21FN6OS. The lowest BCUT2D eigenvalue weighted by Crippen LogP contribution is -2.51. The van der Waals surface area contributed by atoms with Gasteiger partial charge in [-0.05, 0) is 32.5 Å². The van der Waals surface area contributed by atoms with Gasteiger partial charge in [-0.25, -0.2) is 4.39 Å². The van der Waals surface area contributed by atoms with Crippen molar-refractivity contribution in [3.8, 4) is 10.6 Å². The molecule has 0 bridgehead atoms. The van der Waals surface area contributed by atoms with Gasteiger partial charge in [-0.2, -0.15) is 0 Å². The van der Waals surface area contributed by atoms with Gasteiger partial charge in [-0.15, -0.1) is 10.2 Å². The first-order valence-electron chi connectivity index (χ1n) is 9.18. The third-order valence-corrected chi connectivity index (χ3v) is 5.88.